The van der Waals surface area contributed by atoms with Crippen LogP contribution in [0.4, 0.5) is 16.2 Å². The molecule has 0 bridgehead atoms. The quantitative estimate of drug-likeness (QED) is 0.732. The van der Waals surface area contributed by atoms with Crippen molar-refractivity contribution in [2.75, 3.05) is 10.6 Å². The van der Waals surface area contributed by atoms with Crippen LogP contribution in [-0.4, -0.2) is 18.0 Å². The van der Waals surface area contributed by atoms with Gasteiger partial charge in [0.25, 0.3) is 0 Å². The van der Waals surface area contributed by atoms with E-state index < -0.39 is 18.0 Å². The first-order valence-corrected chi connectivity index (χ1v) is 8.35. The average Bonchev–Trinajstić information content (AvgIpc) is 2.52. The third kappa shape index (κ3) is 5.09. The predicted molar refractivity (Wildman–Crippen MR) is 100 cm³/mol. The van der Waals surface area contributed by atoms with Crippen LogP contribution in [-0.2, 0) is 4.79 Å². The fourth-order valence-corrected chi connectivity index (χ4v) is 2.45. The number of amides is 3. The molecule has 0 spiro atoms. The van der Waals surface area contributed by atoms with Gasteiger partial charge in [-0.3, -0.25) is 10.1 Å². The molecule has 2 rings (SSSR count). The van der Waals surface area contributed by atoms with Gasteiger partial charge in [0, 0.05) is 15.8 Å². The van der Waals surface area contributed by atoms with Crippen molar-refractivity contribution >= 4 is 39.2 Å². The Kier molecular flexibility index (Phi) is 5.98. The molecule has 0 saturated carbocycles. The molecule has 5 nitrogen and oxygen atoms in total. The van der Waals surface area contributed by atoms with Gasteiger partial charge in [-0.15, -0.1) is 0 Å². The summed E-state index contributed by atoms with van der Waals surface area (Å²) in [4.78, 5) is 24.1. The topological polar surface area (TPSA) is 70.2 Å². The van der Waals surface area contributed by atoms with E-state index in [0.29, 0.717) is 5.69 Å². The molecule has 0 aliphatic rings. The van der Waals surface area contributed by atoms with E-state index in [-0.39, 0.29) is 0 Å². The van der Waals surface area contributed by atoms with Crippen molar-refractivity contribution < 1.29 is 9.59 Å². The molecule has 6 heteroatoms. The monoisotopic (exact) mass is 389 g/mol. The summed E-state index contributed by atoms with van der Waals surface area (Å²) in [6.07, 6.45) is 0. The number of hydrogen-bond donors (Lipinski definition) is 3. The van der Waals surface area contributed by atoms with E-state index in [1.54, 1.807) is 6.92 Å². The minimum Gasteiger partial charge on any atom is -0.374 e. The lowest BCUT2D eigenvalue weighted by Crippen LogP contribution is -2.43. The number of halogens is 1. The number of nitrogens with one attached hydrogen (secondary N) is 3. The highest BCUT2D eigenvalue weighted by atomic mass is 79.9. The molecular formula is C18H20BrN3O2. The van der Waals surface area contributed by atoms with Crippen molar-refractivity contribution in [3.05, 3.63) is 58.1 Å². The van der Waals surface area contributed by atoms with Crippen LogP contribution in [0.1, 0.15) is 18.1 Å². The molecule has 24 heavy (non-hydrogen) atoms. The molecule has 1 unspecified atom stereocenters. The van der Waals surface area contributed by atoms with Gasteiger partial charge in [-0.2, -0.15) is 0 Å². The van der Waals surface area contributed by atoms with E-state index >= 15 is 0 Å². The van der Waals surface area contributed by atoms with Crippen LogP contribution in [0.5, 0.6) is 0 Å². The fourth-order valence-electron chi connectivity index (χ4n) is 2.19. The molecule has 0 aliphatic heterocycles. The van der Waals surface area contributed by atoms with Crippen molar-refractivity contribution in [2.45, 2.75) is 26.8 Å². The number of carbonyl (C=O) groups is 2. The Morgan fingerprint density at radius 2 is 1.71 bits per heavy atom. The zero-order valence-electron chi connectivity index (χ0n) is 13.8. The largest absolute Gasteiger partial charge is 0.374 e. The minimum atomic E-state index is -0.545. The zero-order chi connectivity index (χ0) is 17.7. The van der Waals surface area contributed by atoms with Crippen LogP contribution >= 0.6 is 15.9 Å². The lowest BCUT2D eigenvalue weighted by molar-refractivity contribution is -0.120. The highest BCUT2D eigenvalue weighted by molar-refractivity contribution is 9.10. The summed E-state index contributed by atoms with van der Waals surface area (Å²) in [7, 11) is 0. The maximum Gasteiger partial charge on any atom is 0.325 e. The van der Waals surface area contributed by atoms with E-state index in [4.69, 9.17) is 0 Å². The van der Waals surface area contributed by atoms with Gasteiger partial charge in [0.15, 0.2) is 0 Å². The number of imide groups is 1. The summed E-state index contributed by atoms with van der Waals surface area (Å²) in [6.45, 7) is 5.58. The zero-order valence-corrected chi connectivity index (χ0v) is 15.4. The smallest absolute Gasteiger partial charge is 0.325 e. The molecule has 0 heterocycles. The molecule has 2 aromatic rings. The molecule has 0 radical (unpaired) electrons. The average molecular weight is 390 g/mol. The summed E-state index contributed by atoms with van der Waals surface area (Å²) in [5, 5.41) is 8.07. The molecule has 2 aromatic carbocycles. The van der Waals surface area contributed by atoms with E-state index in [9.17, 15) is 9.59 Å². The molecule has 3 amide bonds. The van der Waals surface area contributed by atoms with E-state index in [0.717, 1.165) is 21.3 Å². The maximum atomic E-state index is 12.1. The Balaban J connectivity index is 1.90. The first-order chi connectivity index (χ1) is 11.3. The van der Waals surface area contributed by atoms with Gasteiger partial charge in [-0.25, -0.2) is 4.79 Å². The number of rotatable bonds is 4. The number of anilines is 2. The van der Waals surface area contributed by atoms with Gasteiger partial charge >= 0.3 is 6.03 Å². The normalized spacial score (nSPS) is 11.5. The van der Waals surface area contributed by atoms with E-state index in [1.165, 1.54) is 0 Å². The van der Waals surface area contributed by atoms with Gasteiger partial charge in [-0.1, -0.05) is 33.6 Å². The van der Waals surface area contributed by atoms with Crippen LogP contribution in [0.25, 0.3) is 0 Å². The standard InChI is InChI=1S/C18H20BrN3O2/c1-11-4-9-16(12(2)10-11)21-18(24)22-17(23)13(3)20-15-7-5-14(19)6-8-15/h4-10,13,20H,1-3H3,(H2,21,22,23,24). The SMILES string of the molecule is Cc1ccc(NC(=O)NC(=O)C(C)Nc2ccc(Br)cc2)c(C)c1. The third-order valence-electron chi connectivity index (χ3n) is 3.49. The highest BCUT2D eigenvalue weighted by Crippen LogP contribution is 2.16. The lowest BCUT2D eigenvalue weighted by Gasteiger charge is -2.15. The number of carbonyl (C=O) groups excluding carboxylic acids is 2. The molecule has 0 aromatic heterocycles. The van der Waals surface area contributed by atoms with E-state index in [2.05, 4.69) is 31.9 Å². The molecule has 3 N–H and O–H groups in total. The summed E-state index contributed by atoms with van der Waals surface area (Å²) < 4.78 is 0.956. The summed E-state index contributed by atoms with van der Waals surface area (Å²) in [6, 6.07) is 12.1. The van der Waals surface area contributed by atoms with Gasteiger partial charge < -0.3 is 10.6 Å². The molecule has 0 aliphatic carbocycles. The van der Waals surface area contributed by atoms with Crippen molar-refractivity contribution in [3.8, 4) is 0 Å². The highest BCUT2D eigenvalue weighted by Gasteiger charge is 2.16. The summed E-state index contributed by atoms with van der Waals surface area (Å²) in [5.74, 6) is -0.403. The van der Waals surface area contributed by atoms with Crippen LogP contribution < -0.4 is 16.0 Å². The molecule has 126 valence electrons. The minimum absolute atomic E-state index is 0.403. The van der Waals surface area contributed by atoms with Crippen molar-refractivity contribution in [1.82, 2.24) is 5.32 Å². The van der Waals surface area contributed by atoms with Crippen molar-refractivity contribution in [3.63, 3.8) is 0 Å². The molecule has 0 fully saturated rings. The molecule has 0 saturated heterocycles. The fraction of sp³-hybridized carbons (Fsp3) is 0.222. The first-order valence-electron chi connectivity index (χ1n) is 7.56. The number of aryl methyl sites for hydroxylation is 2. The Morgan fingerprint density at radius 1 is 1.04 bits per heavy atom. The second-order valence-electron chi connectivity index (χ2n) is 5.63. The van der Waals surface area contributed by atoms with Crippen LogP contribution in [0.2, 0.25) is 0 Å². The third-order valence-corrected chi connectivity index (χ3v) is 4.02. The Labute approximate surface area is 150 Å². The van der Waals surface area contributed by atoms with Crippen molar-refractivity contribution in [2.24, 2.45) is 0 Å². The second-order valence-corrected chi connectivity index (χ2v) is 6.55. The molecular weight excluding hydrogens is 370 g/mol. The summed E-state index contributed by atoms with van der Waals surface area (Å²) >= 11 is 3.36. The van der Waals surface area contributed by atoms with Gasteiger partial charge in [0.05, 0.1) is 0 Å². The number of hydrogen-bond acceptors (Lipinski definition) is 3. The first kappa shape index (κ1) is 18.0. The molecule has 1 atom stereocenters. The lowest BCUT2D eigenvalue weighted by atomic mass is 10.1. The van der Waals surface area contributed by atoms with Crippen LogP contribution in [0, 0.1) is 13.8 Å². The maximum absolute atomic E-state index is 12.1. The van der Waals surface area contributed by atoms with Crippen molar-refractivity contribution in [1.29, 1.82) is 0 Å². The number of benzene rings is 2. The van der Waals surface area contributed by atoms with Gasteiger partial charge in [0.1, 0.15) is 6.04 Å². The predicted octanol–water partition coefficient (Wildman–Crippen LogP) is 4.21. The van der Waals surface area contributed by atoms with E-state index in [1.807, 2.05) is 56.3 Å². The second kappa shape index (κ2) is 7.97. The van der Waals surface area contributed by atoms with Crippen LogP contribution in [0.3, 0.4) is 0 Å². The summed E-state index contributed by atoms with van der Waals surface area (Å²) in [5.41, 5.74) is 3.54. The Hall–Kier alpha value is -2.34. The number of urea groups is 1. The Morgan fingerprint density at radius 3 is 2.33 bits per heavy atom. The van der Waals surface area contributed by atoms with Gasteiger partial charge in [0.2, 0.25) is 5.91 Å². The van der Waals surface area contributed by atoms with Crippen LogP contribution in [0.15, 0.2) is 46.9 Å². The Bertz CT molecular complexity index is 744. The van der Waals surface area contributed by atoms with Gasteiger partial charge in [-0.05, 0) is 56.7 Å².